The summed E-state index contributed by atoms with van der Waals surface area (Å²) in [5.41, 5.74) is 6.23. The molecule has 0 fully saturated rings. The summed E-state index contributed by atoms with van der Waals surface area (Å²) in [6.45, 7) is 3.37. The van der Waals surface area contributed by atoms with Crippen LogP contribution in [0.15, 0.2) is 18.3 Å². The molecule has 1 rings (SSSR count). The predicted molar refractivity (Wildman–Crippen MR) is 65.3 cm³/mol. The van der Waals surface area contributed by atoms with E-state index < -0.39 is 0 Å². The average Bonchev–Trinajstić information content (AvgIpc) is 2.28. The fourth-order valence-electron chi connectivity index (χ4n) is 1.18. The van der Waals surface area contributed by atoms with Gasteiger partial charge in [-0.05, 0) is 18.6 Å². The maximum absolute atomic E-state index is 11.2. The minimum atomic E-state index is -0.107. The van der Waals surface area contributed by atoms with Crippen LogP contribution < -0.4 is 16.4 Å². The molecular formula is C11H18N4O. The van der Waals surface area contributed by atoms with Crippen molar-refractivity contribution in [2.45, 2.75) is 19.8 Å². The quantitative estimate of drug-likeness (QED) is 0.675. The molecule has 0 saturated heterocycles. The highest BCUT2D eigenvalue weighted by molar-refractivity contribution is 5.89. The van der Waals surface area contributed by atoms with Crippen molar-refractivity contribution >= 4 is 17.4 Å². The Labute approximate surface area is 95.4 Å². The van der Waals surface area contributed by atoms with Crippen molar-refractivity contribution in [2.75, 3.05) is 23.7 Å². The zero-order valence-electron chi connectivity index (χ0n) is 9.49. The van der Waals surface area contributed by atoms with E-state index in [2.05, 4.69) is 22.5 Å². The van der Waals surface area contributed by atoms with Crippen molar-refractivity contribution in [3.05, 3.63) is 18.3 Å². The number of hydrogen-bond donors (Lipinski definition) is 3. The largest absolute Gasteiger partial charge is 0.384 e. The van der Waals surface area contributed by atoms with Gasteiger partial charge in [0.15, 0.2) is 0 Å². The Hall–Kier alpha value is -1.62. The summed E-state index contributed by atoms with van der Waals surface area (Å²) in [5.74, 6) is 0.449. The minimum Gasteiger partial charge on any atom is -0.384 e. The van der Waals surface area contributed by atoms with E-state index in [1.54, 1.807) is 12.3 Å². The van der Waals surface area contributed by atoms with E-state index in [0.717, 1.165) is 18.7 Å². The van der Waals surface area contributed by atoms with Gasteiger partial charge < -0.3 is 16.4 Å². The second kappa shape index (κ2) is 6.79. The molecule has 4 N–H and O–H groups in total. The third kappa shape index (κ3) is 4.27. The monoisotopic (exact) mass is 222 g/mol. The Morgan fingerprint density at radius 3 is 2.88 bits per heavy atom. The van der Waals surface area contributed by atoms with Crippen LogP contribution in [0, 0.1) is 0 Å². The van der Waals surface area contributed by atoms with Crippen LogP contribution >= 0.6 is 0 Å². The van der Waals surface area contributed by atoms with Crippen LogP contribution in [0.4, 0.5) is 11.5 Å². The lowest BCUT2D eigenvalue weighted by Gasteiger charge is -2.06. The van der Waals surface area contributed by atoms with Crippen LogP contribution in [-0.2, 0) is 4.79 Å². The third-order valence-corrected chi connectivity index (χ3v) is 1.98. The second-order valence-corrected chi connectivity index (χ2v) is 3.45. The molecule has 16 heavy (non-hydrogen) atoms. The van der Waals surface area contributed by atoms with Crippen LogP contribution in [0.25, 0.3) is 0 Å². The van der Waals surface area contributed by atoms with Crippen molar-refractivity contribution in [3.63, 3.8) is 0 Å². The van der Waals surface area contributed by atoms with Crippen molar-refractivity contribution in [3.8, 4) is 0 Å². The van der Waals surface area contributed by atoms with Gasteiger partial charge in [-0.1, -0.05) is 6.92 Å². The first kappa shape index (κ1) is 12.4. The van der Waals surface area contributed by atoms with Crippen LogP contribution in [0.3, 0.4) is 0 Å². The normalized spacial score (nSPS) is 9.88. The summed E-state index contributed by atoms with van der Waals surface area (Å²) < 4.78 is 0. The van der Waals surface area contributed by atoms with Gasteiger partial charge in [0.1, 0.15) is 5.82 Å². The highest BCUT2D eigenvalue weighted by Gasteiger charge is 2.01. The van der Waals surface area contributed by atoms with Gasteiger partial charge in [-0.3, -0.25) is 4.79 Å². The lowest BCUT2D eigenvalue weighted by atomic mass is 10.3. The van der Waals surface area contributed by atoms with E-state index in [-0.39, 0.29) is 5.91 Å². The van der Waals surface area contributed by atoms with Crippen molar-refractivity contribution < 1.29 is 4.79 Å². The molecule has 0 aliphatic heterocycles. The molecule has 5 nitrogen and oxygen atoms in total. The molecule has 1 aromatic heterocycles. The maximum atomic E-state index is 11.2. The zero-order chi connectivity index (χ0) is 11.8. The second-order valence-electron chi connectivity index (χ2n) is 3.45. The summed E-state index contributed by atoms with van der Waals surface area (Å²) >= 11 is 0. The van der Waals surface area contributed by atoms with Gasteiger partial charge in [-0.25, -0.2) is 4.98 Å². The van der Waals surface area contributed by atoms with E-state index in [1.165, 1.54) is 0 Å². The fourth-order valence-corrected chi connectivity index (χ4v) is 1.18. The van der Waals surface area contributed by atoms with Gasteiger partial charge in [-0.15, -0.1) is 0 Å². The summed E-state index contributed by atoms with van der Waals surface area (Å²) in [4.78, 5) is 15.3. The first-order chi connectivity index (χ1) is 7.76. The van der Waals surface area contributed by atoms with E-state index in [0.29, 0.717) is 18.8 Å². The lowest BCUT2D eigenvalue weighted by Crippen LogP contribution is -2.16. The van der Waals surface area contributed by atoms with Gasteiger partial charge in [0.2, 0.25) is 5.91 Å². The molecule has 0 atom stereocenters. The number of rotatable bonds is 6. The molecule has 1 heterocycles. The van der Waals surface area contributed by atoms with Crippen molar-refractivity contribution in [1.29, 1.82) is 0 Å². The van der Waals surface area contributed by atoms with Gasteiger partial charge in [-0.2, -0.15) is 0 Å². The molecule has 0 spiro atoms. The topological polar surface area (TPSA) is 80.0 Å². The van der Waals surface area contributed by atoms with E-state index in [9.17, 15) is 4.79 Å². The summed E-state index contributed by atoms with van der Waals surface area (Å²) in [5, 5.41) is 5.87. The van der Waals surface area contributed by atoms with Crippen LogP contribution in [0.1, 0.15) is 19.8 Å². The van der Waals surface area contributed by atoms with Gasteiger partial charge >= 0.3 is 0 Å². The lowest BCUT2D eigenvalue weighted by molar-refractivity contribution is -0.116. The van der Waals surface area contributed by atoms with E-state index >= 15 is 0 Å². The van der Waals surface area contributed by atoms with Crippen LogP contribution in [0.2, 0.25) is 0 Å². The third-order valence-electron chi connectivity index (χ3n) is 1.98. The number of carbonyl (C=O) groups excluding carboxylic acids is 1. The van der Waals surface area contributed by atoms with Crippen molar-refractivity contribution in [1.82, 2.24) is 4.98 Å². The molecule has 0 radical (unpaired) electrons. The number of nitrogens with two attached hydrogens (primary N) is 1. The maximum Gasteiger partial charge on any atom is 0.226 e. The first-order valence-electron chi connectivity index (χ1n) is 5.46. The zero-order valence-corrected chi connectivity index (χ0v) is 9.49. The van der Waals surface area contributed by atoms with Crippen LogP contribution in [0.5, 0.6) is 0 Å². The van der Waals surface area contributed by atoms with Crippen LogP contribution in [-0.4, -0.2) is 24.0 Å². The molecule has 0 aromatic carbocycles. The number of nitrogens with one attached hydrogen (secondary N) is 2. The summed E-state index contributed by atoms with van der Waals surface area (Å²) in [7, 11) is 0. The molecular weight excluding hydrogens is 204 g/mol. The molecule has 0 aliphatic rings. The number of amides is 1. The average molecular weight is 222 g/mol. The molecule has 0 saturated carbocycles. The van der Waals surface area contributed by atoms with Crippen molar-refractivity contribution in [2.24, 2.45) is 5.73 Å². The van der Waals surface area contributed by atoms with Gasteiger partial charge in [0.05, 0.1) is 11.9 Å². The number of nitrogens with zero attached hydrogens (tertiary/aromatic N) is 1. The molecule has 0 aliphatic carbocycles. The smallest absolute Gasteiger partial charge is 0.226 e. The predicted octanol–water partition coefficient (Wildman–Crippen LogP) is 1.19. The number of carbonyl (C=O) groups is 1. The number of aromatic nitrogens is 1. The first-order valence-corrected chi connectivity index (χ1v) is 5.46. The Balaban J connectivity index is 2.47. The molecule has 0 unspecified atom stereocenters. The Bertz CT molecular complexity index is 323. The molecule has 0 bridgehead atoms. The molecule has 5 heteroatoms. The molecule has 88 valence electrons. The molecule has 1 amide bonds. The number of anilines is 2. The van der Waals surface area contributed by atoms with E-state index in [1.807, 2.05) is 6.07 Å². The van der Waals surface area contributed by atoms with Gasteiger partial charge in [0, 0.05) is 19.5 Å². The Morgan fingerprint density at radius 1 is 1.50 bits per heavy atom. The fraction of sp³-hybridized carbons (Fsp3) is 0.455. The molecule has 1 aromatic rings. The van der Waals surface area contributed by atoms with Gasteiger partial charge in [0.25, 0.3) is 0 Å². The Morgan fingerprint density at radius 2 is 2.31 bits per heavy atom. The summed E-state index contributed by atoms with van der Waals surface area (Å²) in [6, 6.07) is 3.66. The number of pyridine rings is 1. The minimum absolute atomic E-state index is 0.107. The summed E-state index contributed by atoms with van der Waals surface area (Å²) in [6.07, 6.45) is 3.08. The standard InChI is InChI=1S/C11H18N4O/c1-2-7-13-9-3-4-10(14-8-9)15-11(16)5-6-12/h3-4,8,13H,2,5-7,12H2,1H3,(H,14,15,16). The highest BCUT2D eigenvalue weighted by Crippen LogP contribution is 2.09. The van der Waals surface area contributed by atoms with E-state index in [4.69, 9.17) is 5.73 Å². The SMILES string of the molecule is CCCNc1ccc(NC(=O)CCN)nc1. The number of hydrogen-bond acceptors (Lipinski definition) is 4. The Kier molecular flexibility index (Phi) is 5.28. The highest BCUT2D eigenvalue weighted by atomic mass is 16.1.